The van der Waals surface area contributed by atoms with Crippen LogP contribution in [0.3, 0.4) is 0 Å². The van der Waals surface area contributed by atoms with E-state index < -0.39 is 0 Å². The molecule has 1 unspecified atom stereocenters. The van der Waals surface area contributed by atoms with Gasteiger partial charge in [0.05, 0.1) is 6.61 Å². The lowest BCUT2D eigenvalue weighted by atomic mass is 10.1. The van der Waals surface area contributed by atoms with Gasteiger partial charge in [-0.2, -0.15) is 0 Å². The van der Waals surface area contributed by atoms with Crippen molar-refractivity contribution in [2.45, 2.75) is 40.0 Å². The summed E-state index contributed by atoms with van der Waals surface area (Å²) in [4.78, 5) is 11.4. The second-order valence-corrected chi connectivity index (χ2v) is 4.51. The van der Waals surface area contributed by atoms with Crippen LogP contribution in [0.1, 0.15) is 50.4 Å². The molecule has 0 spiro atoms. The third-order valence-corrected chi connectivity index (χ3v) is 2.81. The van der Waals surface area contributed by atoms with Crippen LogP contribution in [-0.4, -0.2) is 12.4 Å². The molecule has 1 aromatic carbocycles. The highest BCUT2D eigenvalue weighted by Crippen LogP contribution is 2.15. The van der Waals surface area contributed by atoms with E-state index >= 15 is 0 Å². The number of ether oxygens (including phenoxy) is 1. The number of hydrogen-bond acceptors (Lipinski definition) is 2. The van der Waals surface area contributed by atoms with Crippen LogP contribution in [-0.2, 0) is 0 Å². The highest BCUT2D eigenvalue weighted by molar-refractivity contribution is 5.95. The van der Waals surface area contributed by atoms with Crippen LogP contribution in [0.25, 0.3) is 0 Å². The van der Waals surface area contributed by atoms with Crippen LogP contribution in [0.15, 0.2) is 24.3 Å². The average Bonchev–Trinajstić information content (AvgIpc) is 2.36. The van der Waals surface area contributed by atoms with Crippen molar-refractivity contribution >= 4 is 5.78 Å². The van der Waals surface area contributed by atoms with Crippen LogP contribution in [0.5, 0.6) is 5.75 Å². The van der Waals surface area contributed by atoms with Gasteiger partial charge in [0.25, 0.3) is 0 Å². The first-order valence-corrected chi connectivity index (χ1v) is 6.43. The van der Waals surface area contributed by atoms with Gasteiger partial charge >= 0.3 is 0 Å². The molecule has 94 valence electrons. The van der Waals surface area contributed by atoms with E-state index in [0.29, 0.717) is 12.3 Å². The zero-order valence-electron chi connectivity index (χ0n) is 11.0. The van der Waals surface area contributed by atoms with E-state index in [1.165, 1.54) is 12.8 Å². The van der Waals surface area contributed by atoms with Crippen LogP contribution < -0.4 is 4.74 Å². The summed E-state index contributed by atoms with van der Waals surface area (Å²) >= 11 is 0. The van der Waals surface area contributed by atoms with Crippen molar-refractivity contribution in [3.8, 4) is 5.75 Å². The first kappa shape index (κ1) is 13.8. The molecule has 0 bridgehead atoms. The molecule has 0 saturated heterocycles. The highest BCUT2D eigenvalue weighted by Gasteiger charge is 2.04. The van der Waals surface area contributed by atoms with Gasteiger partial charge in [-0.3, -0.25) is 4.79 Å². The third kappa shape index (κ3) is 4.59. The molecule has 0 N–H and O–H groups in total. The lowest BCUT2D eigenvalue weighted by Gasteiger charge is -2.12. The van der Waals surface area contributed by atoms with Crippen LogP contribution >= 0.6 is 0 Å². The Bertz CT molecular complexity index is 340. The average molecular weight is 234 g/mol. The molecule has 17 heavy (non-hydrogen) atoms. The predicted molar refractivity (Wildman–Crippen MR) is 70.6 cm³/mol. The lowest BCUT2D eigenvalue weighted by Crippen LogP contribution is -2.08. The third-order valence-electron chi connectivity index (χ3n) is 2.81. The highest BCUT2D eigenvalue weighted by atomic mass is 16.5. The summed E-state index contributed by atoms with van der Waals surface area (Å²) in [6.07, 6.45) is 2.93. The number of hydrogen-bond donors (Lipinski definition) is 0. The molecule has 0 aliphatic carbocycles. The summed E-state index contributed by atoms with van der Waals surface area (Å²) in [5.41, 5.74) is 0.765. The van der Waals surface area contributed by atoms with Crippen LogP contribution in [0.2, 0.25) is 0 Å². The molecule has 2 heteroatoms. The van der Waals surface area contributed by atoms with Gasteiger partial charge in [0.1, 0.15) is 5.75 Å². The van der Waals surface area contributed by atoms with Crippen molar-refractivity contribution in [3.63, 3.8) is 0 Å². The van der Waals surface area contributed by atoms with Gasteiger partial charge in [0, 0.05) is 12.0 Å². The standard InChI is InChI=1S/C15H22O2/c1-4-6-12(3)11-17-14-9-7-13(8-10-14)15(16)5-2/h7-10,12H,4-6,11H2,1-3H3. The summed E-state index contributed by atoms with van der Waals surface area (Å²) in [7, 11) is 0. The van der Waals surface area contributed by atoms with Crippen molar-refractivity contribution in [1.29, 1.82) is 0 Å². The zero-order chi connectivity index (χ0) is 12.7. The maximum Gasteiger partial charge on any atom is 0.162 e. The molecule has 1 aromatic rings. The first-order valence-electron chi connectivity index (χ1n) is 6.43. The number of carbonyl (C=O) groups excluding carboxylic acids is 1. The van der Waals surface area contributed by atoms with Crippen molar-refractivity contribution in [2.24, 2.45) is 5.92 Å². The zero-order valence-corrected chi connectivity index (χ0v) is 11.0. The Hall–Kier alpha value is -1.31. The normalized spacial score (nSPS) is 12.2. The van der Waals surface area contributed by atoms with Crippen molar-refractivity contribution in [2.75, 3.05) is 6.61 Å². The maximum absolute atomic E-state index is 11.4. The van der Waals surface area contributed by atoms with E-state index in [1.807, 2.05) is 31.2 Å². The molecule has 0 aliphatic heterocycles. The predicted octanol–water partition coefficient (Wildman–Crippen LogP) is 4.09. The molecule has 0 radical (unpaired) electrons. The summed E-state index contributed by atoms with van der Waals surface area (Å²) in [6, 6.07) is 7.43. The Morgan fingerprint density at radius 2 is 1.88 bits per heavy atom. The summed E-state index contributed by atoms with van der Waals surface area (Å²) in [5, 5.41) is 0. The Kier molecular flexibility index (Phi) is 5.75. The van der Waals surface area contributed by atoms with Crippen molar-refractivity contribution in [3.05, 3.63) is 29.8 Å². The SMILES string of the molecule is CCCC(C)COc1ccc(C(=O)CC)cc1. The first-order chi connectivity index (χ1) is 8.17. The van der Waals surface area contributed by atoms with E-state index in [-0.39, 0.29) is 5.78 Å². The minimum Gasteiger partial charge on any atom is -0.493 e. The number of rotatable bonds is 7. The molecular formula is C15H22O2. The second kappa shape index (κ2) is 7.10. The van der Waals surface area contributed by atoms with E-state index in [0.717, 1.165) is 17.9 Å². The van der Waals surface area contributed by atoms with E-state index in [1.54, 1.807) is 0 Å². The topological polar surface area (TPSA) is 26.3 Å². The quantitative estimate of drug-likeness (QED) is 0.664. The van der Waals surface area contributed by atoms with Gasteiger partial charge in [0.15, 0.2) is 5.78 Å². The maximum atomic E-state index is 11.4. The fourth-order valence-corrected chi connectivity index (χ4v) is 1.76. The van der Waals surface area contributed by atoms with Gasteiger partial charge in [-0.25, -0.2) is 0 Å². The molecular weight excluding hydrogens is 212 g/mol. The second-order valence-electron chi connectivity index (χ2n) is 4.51. The van der Waals surface area contributed by atoms with Gasteiger partial charge in [-0.15, -0.1) is 0 Å². The van der Waals surface area contributed by atoms with Crippen LogP contribution in [0, 0.1) is 5.92 Å². The van der Waals surface area contributed by atoms with Gasteiger partial charge in [-0.05, 0) is 36.6 Å². The largest absolute Gasteiger partial charge is 0.493 e. The fourth-order valence-electron chi connectivity index (χ4n) is 1.76. The Morgan fingerprint density at radius 1 is 1.24 bits per heavy atom. The molecule has 0 amide bonds. The molecule has 0 fully saturated rings. The van der Waals surface area contributed by atoms with Gasteiger partial charge in [-0.1, -0.05) is 27.2 Å². The Balaban J connectivity index is 2.48. The minimum absolute atomic E-state index is 0.177. The van der Waals surface area contributed by atoms with Crippen molar-refractivity contribution in [1.82, 2.24) is 0 Å². The summed E-state index contributed by atoms with van der Waals surface area (Å²) in [6.45, 7) is 6.99. The van der Waals surface area contributed by atoms with E-state index in [9.17, 15) is 4.79 Å². The fraction of sp³-hybridized carbons (Fsp3) is 0.533. The summed E-state index contributed by atoms with van der Waals surface area (Å²) in [5.74, 6) is 1.61. The van der Waals surface area contributed by atoms with Gasteiger partial charge in [0.2, 0.25) is 0 Å². The minimum atomic E-state index is 0.177. The summed E-state index contributed by atoms with van der Waals surface area (Å²) < 4.78 is 5.68. The van der Waals surface area contributed by atoms with Gasteiger partial charge < -0.3 is 4.74 Å². The number of carbonyl (C=O) groups is 1. The Labute approximate surface area is 104 Å². The lowest BCUT2D eigenvalue weighted by molar-refractivity contribution is 0.0988. The van der Waals surface area contributed by atoms with E-state index in [2.05, 4.69) is 13.8 Å². The molecule has 0 saturated carbocycles. The van der Waals surface area contributed by atoms with Crippen LogP contribution in [0.4, 0.5) is 0 Å². The molecule has 0 aliphatic rings. The number of ketones is 1. The molecule has 0 aromatic heterocycles. The number of Topliss-reactive ketones (excluding diaryl/α,β-unsaturated/α-hetero) is 1. The Morgan fingerprint density at radius 3 is 2.41 bits per heavy atom. The smallest absolute Gasteiger partial charge is 0.162 e. The van der Waals surface area contributed by atoms with E-state index in [4.69, 9.17) is 4.74 Å². The molecule has 1 rings (SSSR count). The number of benzene rings is 1. The van der Waals surface area contributed by atoms with Crippen molar-refractivity contribution < 1.29 is 9.53 Å². The molecule has 1 atom stereocenters. The monoisotopic (exact) mass is 234 g/mol. The molecule has 2 nitrogen and oxygen atoms in total. The molecule has 0 heterocycles.